The number of imidazole rings is 1. The van der Waals surface area contributed by atoms with E-state index in [4.69, 9.17) is 0 Å². The largest absolute Gasteiger partial charge is 0.316 e. The maximum Gasteiger partial charge on any atom is 0.159 e. The lowest BCUT2D eigenvalue weighted by Gasteiger charge is -2.23. The van der Waals surface area contributed by atoms with Gasteiger partial charge in [-0.3, -0.25) is 0 Å². The number of nitrogens with zero attached hydrogens (tertiary/aromatic N) is 3. The van der Waals surface area contributed by atoms with Crippen molar-refractivity contribution >= 4 is 21.0 Å². The Hall–Kier alpha value is -1.47. The lowest BCUT2D eigenvalue weighted by Crippen LogP contribution is -2.46. The second kappa shape index (κ2) is 4.57. The number of hydrogen-bond donors (Lipinski definition) is 1. The smallest absolute Gasteiger partial charge is 0.159 e. The van der Waals surface area contributed by atoms with E-state index in [1.165, 1.54) is 0 Å². The number of rotatable bonds is 2. The van der Waals surface area contributed by atoms with E-state index in [0.717, 1.165) is 17.0 Å². The van der Waals surface area contributed by atoms with Crippen LogP contribution in [-0.2, 0) is 23.3 Å². The van der Waals surface area contributed by atoms with E-state index < -0.39 is 9.84 Å². The highest BCUT2D eigenvalue weighted by molar-refractivity contribution is 7.91. The third kappa shape index (κ3) is 2.48. The molecule has 7 heteroatoms. The van der Waals surface area contributed by atoms with Gasteiger partial charge in [0.1, 0.15) is 11.3 Å². The monoisotopic (exact) mass is 280 g/mol. The van der Waals surface area contributed by atoms with Crippen LogP contribution >= 0.6 is 0 Å². The molecule has 2 aromatic rings. The van der Waals surface area contributed by atoms with Gasteiger partial charge < -0.3 is 9.88 Å². The van der Waals surface area contributed by atoms with E-state index >= 15 is 0 Å². The first-order chi connectivity index (χ1) is 9.05. The zero-order valence-corrected chi connectivity index (χ0v) is 11.5. The van der Waals surface area contributed by atoms with Gasteiger partial charge >= 0.3 is 0 Å². The topological polar surface area (TPSA) is 76.9 Å². The Morgan fingerprint density at radius 1 is 1.53 bits per heavy atom. The van der Waals surface area contributed by atoms with Crippen LogP contribution in [0.5, 0.6) is 0 Å². The highest BCUT2D eigenvalue weighted by atomic mass is 32.2. The fraction of sp³-hybridized carbons (Fsp3) is 0.500. The Morgan fingerprint density at radius 3 is 3.11 bits per heavy atom. The van der Waals surface area contributed by atoms with E-state index in [1.807, 2.05) is 23.7 Å². The number of fused-ring (bicyclic) bond motifs is 1. The van der Waals surface area contributed by atoms with Gasteiger partial charge in [-0.25, -0.2) is 18.4 Å². The molecular formula is C12H16N4O2S. The van der Waals surface area contributed by atoms with Crippen molar-refractivity contribution in [2.75, 3.05) is 18.1 Å². The molecule has 1 fully saturated rings. The fourth-order valence-corrected chi connectivity index (χ4v) is 3.92. The van der Waals surface area contributed by atoms with Gasteiger partial charge in [-0.1, -0.05) is 0 Å². The van der Waals surface area contributed by atoms with Crippen LogP contribution in [0.25, 0.3) is 11.2 Å². The number of pyridine rings is 1. The van der Waals surface area contributed by atoms with Gasteiger partial charge in [0.2, 0.25) is 0 Å². The Labute approximate surface area is 111 Å². The molecule has 1 N–H and O–H groups in total. The first-order valence-electron chi connectivity index (χ1n) is 6.25. The molecular weight excluding hydrogens is 264 g/mol. The van der Waals surface area contributed by atoms with Gasteiger partial charge in [0, 0.05) is 32.3 Å². The third-order valence-electron chi connectivity index (χ3n) is 3.45. The van der Waals surface area contributed by atoms with Gasteiger partial charge in [0.15, 0.2) is 15.5 Å². The van der Waals surface area contributed by atoms with E-state index in [-0.39, 0.29) is 17.5 Å². The van der Waals surface area contributed by atoms with Crippen molar-refractivity contribution in [3.63, 3.8) is 0 Å². The highest BCUT2D eigenvalue weighted by Gasteiger charge is 2.25. The van der Waals surface area contributed by atoms with Crippen LogP contribution in [0, 0.1) is 0 Å². The minimum Gasteiger partial charge on any atom is -0.316 e. The van der Waals surface area contributed by atoms with E-state index in [0.29, 0.717) is 13.0 Å². The summed E-state index contributed by atoms with van der Waals surface area (Å²) in [5, 5.41) is 3.24. The van der Waals surface area contributed by atoms with Gasteiger partial charge in [0.05, 0.1) is 11.5 Å². The summed E-state index contributed by atoms with van der Waals surface area (Å²) in [6.07, 6.45) is 2.34. The Kier molecular flexibility index (Phi) is 3.02. The molecule has 3 rings (SSSR count). The number of nitrogens with one attached hydrogen (secondary N) is 1. The number of hydrogen-bond acceptors (Lipinski definition) is 5. The number of sulfone groups is 1. The summed E-state index contributed by atoms with van der Waals surface area (Å²) in [5.74, 6) is 1.28. The van der Waals surface area contributed by atoms with Gasteiger partial charge in [-0.2, -0.15) is 0 Å². The standard InChI is InChI=1S/C12H16N4O2S/c1-16-11(15-10-3-2-4-14-12(10)16)7-9-8-19(17,18)6-5-13-9/h2-4,9,13H,5-8H2,1H3. The average molecular weight is 280 g/mol. The zero-order chi connectivity index (χ0) is 13.5. The van der Waals surface area contributed by atoms with Crippen LogP contribution in [0.3, 0.4) is 0 Å². The first kappa shape index (κ1) is 12.6. The predicted octanol–water partition coefficient (Wildman–Crippen LogP) is -0.103. The van der Waals surface area contributed by atoms with Gasteiger partial charge in [0.25, 0.3) is 0 Å². The van der Waals surface area contributed by atoms with Crippen LogP contribution in [-0.4, -0.2) is 47.0 Å². The second-order valence-corrected chi connectivity index (χ2v) is 7.13. The predicted molar refractivity (Wildman–Crippen MR) is 72.7 cm³/mol. The molecule has 1 atom stereocenters. The molecule has 0 radical (unpaired) electrons. The summed E-state index contributed by atoms with van der Waals surface area (Å²) in [6.45, 7) is 0.523. The quantitative estimate of drug-likeness (QED) is 0.831. The molecule has 0 spiro atoms. The molecule has 0 bridgehead atoms. The summed E-state index contributed by atoms with van der Waals surface area (Å²) in [4.78, 5) is 8.80. The lowest BCUT2D eigenvalue weighted by atomic mass is 10.2. The van der Waals surface area contributed by atoms with E-state index in [1.54, 1.807) is 6.20 Å². The molecule has 3 heterocycles. The Balaban J connectivity index is 1.87. The maximum atomic E-state index is 11.6. The van der Waals surface area contributed by atoms with Crippen molar-refractivity contribution in [1.29, 1.82) is 0 Å². The highest BCUT2D eigenvalue weighted by Crippen LogP contribution is 2.14. The summed E-state index contributed by atoms with van der Waals surface area (Å²) in [6, 6.07) is 3.70. The molecule has 1 saturated heterocycles. The molecule has 6 nitrogen and oxygen atoms in total. The van der Waals surface area contributed by atoms with Crippen LogP contribution in [0.4, 0.5) is 0 Å². The van der Waals surface area contributed by atoms with Crippen molar-refractivity contribution in [3.8, 4) is 0 Å². The number of aryl methyl sites for hydroxylation is 1. The van der Waals surface area contributed by atoms with Crippen LogP contribution < -0.4 is 5.32 Å². The molecule has 102 valence electrons. The van der Waals surface area contributed by atoms with Gasteiger partial charge in [-0.05, 0) is 12.1 Å². The summed E-state index contributed by atoms with van der Waals surface area (Å²) >= 11 is 0. The molecule has 0 aromatic carbocycles. The third-order valence-corrected chi connectivity index (χ3v) is 5.19. The van der Waals surface area contributed by atoms with Crippen LogP contribution in [0.1, 0.15) is 5.82 Å². The minimum atomic E-state index is -2.91. The first-order valence-corrected chi connectivity index (χ1v) is 8.07. The molecule has 2 aromatic heterocycles. The van der Waals surface area contributed by atoms with Crippen LogP contribution in [0.15, 0.2) is 18.3 Å². The summed E-state index contributed by atoms with van der Waals surface area (Å²) < 4.78 is 25.2. The normalized spacial score (nSPS) is 22.7. The molecule has 1 aliphatic rings. The Morgan fingerprint density at radius 2 is 2.37 bits per heavy atom. The molecule has 0 saturated carbocycles. The molecule has 19 heavy (non-hydrogen) atoms. The minimum absolute atomic E-state index is 0.0609. The van der Waals surface area contributed by atoms with Crippen molar-refractivity contribution in [1.82, 2.24) is 19.9 Å². The van der Waals surface area contributed by atoms with E-state index in [9.17, 15) is 8.42 Å². The molecule has 1 aliphatic heterocycles. The van der Waals surface area contributed by atoms with Crippen LogP contribution in [0.2, 0.25) is 0 Å². The molecule has 1 unspecified atom stereocenters. The number of aromatic nitrogens is 3. The van der Waals surface area contributed by atoms with Crippen molar-refractivity contribution in [2.45, 2.75) is 12.5 Å². The molecule has 0 aliphatic carbocycles. The fourth-order valence-electron chi connectivity index (χ4n) is 2.47. The SMILES string of the molecule is Cn1c(CC2CS(=O)(=O)CCN2)nc2cccnc21. The molecule has 0 amide bonds. The Bertz CT molecular complexity index is 708. The summed E-state index contributed by atoms with van der Waals surface area (Å²) in [7, 11) is -0.998. The zero-order valence-electron chi connectivity index (χ0n) is 10.7. The van der Waals surface area contributed by atoms with Crippen molar-refractivity contribution < 1.29 is 8.42 Å². The lowest BCUT2D eigenvalue weighted by molar-refractivity contribution is 0.505. The second-order valence-electron chi connectivity index (χ2n) is 4.90. The van der Waals surface area contributed by atoms with Crippen molar-refractivity contribution in [3.05, 3.63) is 24.2 Å². The average Bonchev–Trinajstić information content (AvgIpc) is 2.66. The van der Waals surface area contributed by atoms with Gasteiger partial charge in [-0.15, -0.1) is 0 Å². The van der Waals surface area contributed by atoms with E-state index in [2.05, 4.69) is 15.3 Å². The summed E-state index contributed by atoms with van der Waals surface area (Å²) in [5.41, 5.74) is 1.68. The maximum absolute atomic E-state index is 11.6. The van der Waals surface area contributed by atoms with Crippen molar-refractivity contribution in [2.24, 2.45) is 7.05 Å².